The Labute approximate surface area is 142 Å². The zero-order valence-corrected chi connectivity index (χ0v) is 16.7. The molecule has 126 valence electrons. The summed E-state index contributed by atoms with van der Waals surface area (Å²) >= 11 is 0. The largest absolute Gasteiger partial charge is 0.103 e. The van der Waals surface area contributed by atoms with Crippen molar-refractivity contribution in [1.29, 1.82) is 0 Å². The van der Waals surface area contributed by atoms with Gasteiger partial charge >= 0.3 is 0 Å². The van der Waals surface area contributed by atoms with E-state index < -0.39 is 0 Å². The van der Waals surface area contributed by atoms with Crippen LogP contribution in [0.1, 0.15) is 81.6 Å². The molecule has 1 heteroatoms. The minimum atomic E-state index is -0.211. The first-order valence-corrected chi connectivity index (χ1v) is 8.69. The van der Waals surface area contributed by atoms with E-state index in [0.29, 0.717) is 11.3 Å². The van der Waals surface area contributed by atoms with Crippen LogP contribution in [0, 0.1) is 22.2 Å². The molecule has 0 N–H and O–H groups in total. The summed E-state index contributed by atoms with van der Waals surface area (Å²) in [4.78, 5) is 0. The maximum Gasteiger partial charge on any atom is 0.0746 e. The van der Waals surface area contributed by atoms with Crippen LogP contribution in [0.3, 0.4) is 0 Å². The van der Waals surface area contributed by atoms with Gasteiger partial charge in [-0.05, 0) is 41.4 Å². The molecule has 1 atom stereocenters. The summed E-state index contributed by atoms with van der Waals surface area (Å²) in [5.41, 5.74) is 0.802. The Morgan fingerprint density at radius 2 is 1.27 bits per heavy atom. The van der Waals surface area contributed by atoms with Crippen LogP contribution in [0.5, 0.6) is 0 Å². The van der Waals surface area contributed by atoms with Crippen LogP contribution in [0.2, 0.25) is 5.31 Å². The molecule has 0 heterocycles. The lowest BCUT2D eigenvalue weighted by Crippen LogP contribution is -2.35. The molecule has 0 aliphatic rings. The van der Waals surface area contributed by atoms with E-state index in [-0.39, 0.29) is 16.1 Å². The molecule has 1 unspecified atom stereocenters. The average molecular weight is 302 g/mol. The van der Waals surface area contributed by atoms with Gasteiger partial charge in [0.25, 0.3) is 0 Å². The van der Waals surface area contributed by atoms with E-state index >= 15 is 0 Å². The van der Waals surface area contributed by atoms with E-state index in [9.17, 15) is 0 Å². The number of hydrogen-bond acceptors (Lipinski definition) is 0. The maximum absolute atomic E-state index is 6.32. The second kappa shape index (κ2) is 7.41. The van der Waals surface area contributed by atoms with Crippen molar-refractivity contribution in [3.63, 3.8) is 0 Å². The molecular formula is C21H39B. The Balaban J connectivity index is 4.89. The molecule has 0 fully saturated rings. The summed E-state index contributed by atoms with van der Waals surface area (Å²) in [6, 6.07) is 0. The Kier molecular flexibility index (Phi) is 7.26. The minimum absolute atomic E-state index is 0.203. The van der Waals surface area contributed by atoms with Gasteiger partial charge in [0.1, 0.15) is 0 Å². The smallest absolute Gasteiger partial charge is 0.0746 e. The summed E-state index contributed by atoms with van der Waals surface area (Å²) in [7, 11) is 6.32. The fourth-order valence-corrected chi connectivity index (χ4v) is 2.57. The highest BCUT2D eigenvalue weighted by Gasteiger charge is 2.39. The molecule has 0 aromatic heterocycles. The van der Waals surface area contributed by atoms with Crippen molar-refractivity contribution in [2.24, 2.45) is 22.2 Å². The van der Waals surface area contributed by atoms with Crippen molar-refractivity contribution in [3.8, 4) is 0 Å². The molecule has 0 aromatic rings. The third kappa shape index (κ3) is 7.20. The molecule has 0 amide bonds. The van der Waals surface area contributed by atoms with E-state index in [1.807, 2.05) is 6.08 Å². The molecule has 0 aliphatic carbocycles. The first-order chi connectivity index (χ1) is 9.62. The second-order valence-corrected chi connectivity index (χ2v) is 10.1. The van der Waals surface area contributed by atoms with Gasteiger partial charge in [0.15, 0.2) is 0 Å². The predicted octanol–water partition coefficient (Wildman–Crippen LogP) is 6.98. The van der Waals surface area contributed by atoms with Crippen LogP contribution >= 0.6 is 0 Å². The van der Waals surface area contributed by atoms with Gasteiger partial charge < -0.3 is 0 Å². The average Bonchev–Trinajstić information content (AvgIpc) is 2.29. The van der Waals surface area contributed by atoms with Gasteiger partial charge in [-0.1, -0.05) is 85.9 Å². The second-order valence-electron chi connectivity index (χ2n) is 10.1. The van der Waals surface area contributed by atoms with Crippen LogP contribution in [0.25, 0.3) is 0 Å². The van der Waals surface area contributed by atoms with Crippen molar-refractivity contribution in [3.05, 3.63) is 24.8 Å². The van der Waals surface area contributed by atoms with Crippen molar-refractivity contribution < 1.29 is 0 Å². The molecule has 2 radical (unpaired) electrons. The quantitative estimate of drug-likeness (QED) is 0.335. The summed E-state index contributed by atoms with van der Waals surface area (Å²) in [6.07, 6.45) is 10.0. The highest BCUT2D eigenvalue weighted by atomic mass is 14.4. The predicted molar refractivity (Wildman–Crippen MR) is 103 cm³/mol. The van der Waals surface area contributed by atoms with Crippen LogP contribution in [-0.2, 0) is 0 Å². The standard InChI is InChI=1S/C21H39B/c1-11-17(21(9,10)22)16-20(7,8)19(5,6)15-13-12-14-18(2,3)4/h11-13,17H,1,14-16H2,2-10H3/b13-12+. The minimum Gasteiger partial charge on any atom is -0.103 e. The molecule has 22 heavy (non-hydrogen) atoms. The van der Waals surface area contributed by atoms with Gasteiger partial charge in [-0.3, -0.25) is 0 Å². The third-order valence-electron chi connectivity index (χ3n) is 5.33. The van der Waals surface area contributed by atoms with Gasteiger partial charge in [0, 0.05) is 0 Å². The number of allylic oxidation sites excluding steroid dienone is 3. The van der Waals surface area contributed by atoms with Gasteiger partial charge in [0.05, 0.1) is 7.85 Å². The van der Waals surface area contributed by atoms with E-state index in [1.165, 1.54) is 0 Å². The molecular weight excluding hydrogens is 263 g/mol. The molecule has 0 spiro atoms. The van der Waals surface area contributed by atoms with Crippen LogP contribution in [0.15, 0.2) is 24.8 Å². The normalized spacial score (nSPS) is 16.0. The molecule has 0 saturated carbocycles. The van der Waals surface area contributed by atoms with Gasteiger partial charge in [-0.2, -0.15) is 0 Å². The summed E-state index contributed by atoms with van der Waals surface area (Å²) in [5, 5.41) is -0.211. The Morgan fingerprint density at radius 1 is 0.818 bits per heavy atom. The van der Waals surface area contributed by atoms with E-state index in [2.05, 4.69) is 81.0 Å². The molecule has 0 rings (SSSR count). The first-order valence-electron chi connectivity index (χ1n) is 8.69. The molecule has 0 aliphatic heterocycles. The molecule has 0 nitrogen and oxygen atoms in total. The van der Waals surface area contributed by atoms with Crippen LogP contribution in [-0.4, -0.2) is 7.85 Å². The maximum atomic E-state index is 6.32. The van der Waals surface area contributed by atoms with Crippen molar-refractivity contribution in [2.45, 2.75) is 86.9 Å². The summed E-state index contributed by atoms with van der Waals surface area (Å²) in [5.74, 6) is 0.334. The molecule has 0 saturated heterocycles. The fourth-order valence-electron chi connectivity index (χ4n) is 2.57. The summed E-state index contributed by atoms with van der Waals surface area (Å²) < 4.78 is 0. The lowest BCUT2D eigenvalue weighted by molar-refractivity contribution is 0.0812. The zero-order chi connectivity index (χ0) is 17.8. The van der Waals surface area contributed by atoms with E-state index in [1.54, 1.807) is 0 Å². The third-order valence-corrected chi connectivity index (χ3v) is 5.33. The van der Waals surface area contributed by atoms with Crippen LogP contribution in [0.4, 0.5) is 0 Å². The summed E-state index contributed by atoms with van der Waals surface area (Å²) in [6.45, 7) is 24.5. The Hall–Kier alpha value is -0.455. The number of hydrogen-bond donors (Lipinski definition) is 0. The van der Waals surface area contributed by atoms with Crippen molar-refractivity contribution >= 4 is 7.85 Å². The Morgan fingerprint density at radius 3 is 1.64 bits per heavy atom. The molecule has 0 aromatic carbocycles. The SMILES string of the molecule is [B]C(C)(C)C(C=C)CC(C)(C)C(C)(C)C/C=C/CC(C)(C)C. The highest BCUT2D eigenvalue weighted by Crippen LogP contribution is 2.49. The molecule has 0 bridgehead atoms. The number of rotatable bonds is 8. The zero-order valence-electron chi connectivity index (χ0n) is 16.7. The Bertz CT molecular complexity index is 372. The van der Waals surface area contributed by atoms with Crippen molar-refractivity contribution in [2.75, 3.05) is 0 Å². The van der Waals surface area contributed by atoms with Crippen molar-refractivity contribution in [1.82, 2.24) is 0 Å². The van der Waals surface area contributed by atoms with Gasteiger partial charge in [-0.25, -0.2) is 0 Å². The highest BCUT2D eigenvalue weighted by molar-refractivity contribution is 6.14. The lowest BCUT2D eigenvalue weighted by Gasteiger charge is -2.45. The van der Waals surface area contributed by atoms with E-state index in [0.717, 1.165) is 19.3 Å². The first kappa shape index (κ1) is 21.5. The topological polar surface area (TPSA) is 0 Å². The van der Waals surface area contributed by atoms with E-state index in [4.69, 9.17) is 7.85 Å². The monoisotopic (exact) mass is 302 g/mol. The van der Waals surface area contributed by atoms with Crippen LogP contribution < -0.4 is 0 Å². The van der Waals surface area contributed by atoms with Gasteiger partial charge in [-0.15, -0.1) is 6.58 Å². The van der Waals surface area contributed by atoms with Gasteiger partial charge in [0.2, 0.25) is 0 Å². The lowest BCUT2D eigenvalue weighted by atomic mass is 9.55. The fraction of sp³-hybridized carbons (Fsp3) is 0.810.